The van der Waals surface area contributed by atoms with Crippen molar-refractivity contribution in [3.63, 3.8) is 0 Å². The fourth-order valence-electron chi connectivity index (χ4n) is 2.16. The van der Waals surface area contributed by atoms with Crippen molar-refractivity contribution in [3.8, 4) is 0 Å². The average molecular weight is 298 g/mol. The van der Waals surface area contributed by atoms with Gasteiger partial charge in [0.05, 0.1) is 0 Å². The molecule has 1 unspecified atom stereocenters. The number of halogens is 1. The smallest absolute Gasteiger partial charge is 0.230 e. The summed E-state index contributed by atoms with van der Waals surface area (Å²) in [6.45, 7) is 5.51. The monoisotopic (exact) mass is 297 g/mol. The van der Waals surface area contributed by atoms with Crippen LogP contribution >= 0.6 is 15.9 Å². The first-order valence-electron chi connectivity index (χ1n) is 5.57. The van der Waals surface area contributed by atoms with Crippen LogP contribution in [0.25, 0.3) is 0 Å². The maximum atomic E-state index is 12.0. The molecule has 1 saturated heterocycles. The van der Waals surface area contributed by atoms with E-state index in [-0.39, 0.29) is 5.91 Å². The molecule has 1 aliphatic rings. The summed E-state index contributed by atoms with van der Waals surface area (Å²) < 4.78 is 0.951. The van der Waals surface area contributed by atoms with Gasteiger partial charge in [-0.05, 0) is 31.2 Å². The van der Waals surface area contributed by atoms with Crippen LogP contribution in [-0.4, -0.2) is 16.7 Å². The Morgan fingerprint density at radius 2 is 1.76 bits per heavy atom. The molecule has 1 atom stereocenters. The summed E-state index contributed by atoms with van der Waals surface area (Å²) in [4.78, 5) is 13.5. The molecule has 0 radical (unpaired) electrons. The van der Waals surface area contributed by atoms with Gasteiger partial charge in [-0.3, -0.25) is 9.69 Å². The van der Waals surface area contributed by atoms with Crippen molar-refractivity contribution in [1.29, 1.82) is 0 Å². The number of hydrogen-bond acceptors (Lipinski definition) is 2. The summed E-state index contributed by atoms with van der Waals surface area (Å²) in [7, 11) is 0. The maximum Gasteiger partial charge on any atom is 0.230 e. The number of hydrogen-bond donors (Lipinski definition) is 1. The van der Waals surface area contributed by atoms with Crippen LogP contribution < -0.4 is 4.90 Å². The molecule has 92 valence electrons. The summed E-state index contributed by atoms with van der Waals surface area (Å²) in [5.74, 6) is -0.0395. The third-order valence-electron chi connectivity index (χ3n) is 3.64. The van der Waals surface area contributed by atoms with E-state index in [1.165, 1.54) is 4.90 Å². The molecule has 1 fully saturated rings. The zero-order valence-electron chi connectivity index (χ0n) is 10.2. The van der Waals surface area contributed by atoms with E-state index >= 15 is 0 Å². The van der Waals surface area contributed by atoms with Gasteiger partial charge in [-0.1, -0.05) is 29.8 Å². The van der Waals surface area contributed by atoms with Crippen LogP contribution in [0.4, 0.5) is 5.69 Å². The second-order valence-corrected chi connectivity index (χ2v) is 6.20. The van der Waals surface area contributed by atoms with Crippen molar-refractivity contribution in [3.05, 3.63) is 28.7 Å². The average Bonchev–Trinajstić information content (AvgIpc) is 2.34. The number of carbonyl (C=O) groups excluding carboxylic acids is 1. The molecule has 0 aliphatic carbocycles. The molecule has 3 nitrogen and oxygen atoms in total. The second kappa shape index (κ2) is 3.82. The molecule has 0 saturated carbocycles. The van der Waals surface area contributed by atoms with Gasteiger partial charge < -0.3 is 5.11 Å². The molecule has 0 bridgehead atoms. The number of amides is 1. The van der Waals surface area contributed by atoms with E-state index in [2.05, 4.69) is 15.9 Å². The summed E-state index contributed by atoms with van der Waals surface area (Å²) in [5, 5.41) is 10.6. The van der Waals surface area contributed by atoms with Crippen LogP contribution in [0.3, 0.4) is 0 Å². The Bertz CT molecular complexity index is 451. The molecule has 1 N–H and O–H groups in total. The third kappa shape index (κ3) is 1.89. The van der Waals surface area contributed by atoms with E-state index in [1.54, 1.807) is 6.92 Å². The van der Waals surface area contributed by atoms with Crippen molar-refractivity contribution in [2.24, 2.45) is 5.41 Å². The van der Waals surface area contributed by atoms with Crippen molar-refractivity contribution >= 4 is 27.5 Å². The number of aliphatic hydroxyl groups is 1. The topological polar surface area (TPSA) is 40.5 Å². The number of benzene rings is 1. The first-order valence-corrected chi connectivity index (χ1v) is 6.36. The van der Waals surface area contributed by atoms with Crippen LogP contribution in [0, 0.1) is 5.41 Å². The number of nitrogens with zero attached hydrogens (tertiary/aromatic N) is 1. The zero-order chi connectivity index (χ0) is 12.8. The second-order valence-electron chi connectivity index (χ2n) is 5.29. The Morgan fingerprint density at radius 1 is 1.24 bits per heavy atom. The van der Waals surface area contributed by atoms with E-state index < -0.39 is 11.1 Å². The van der Waals surface area contributed by atoms with E-state index in [9.17, 15) is 9.90 Å². The molecule has 1 aromatic rings. The molecule has 4 heteroatoms. The predicted molar refractivity (Wildman–Crippen MR) is 70.6 cm³/mol. The first-order chi connectivity index (χ1) is 7.75. The van der Waals surface area contributed by atoms with Gasteiger partial charge in [-0.15, -0.1) is 0 Å². The number of anilines is 1. The Kier molecular flexibility index (Phi) is 2.83. The van der Waals surface area contributed by atoms with Gasteiger partial charge in [0.2, 0.25) is 5.91 Å². The highest BCUT2D eigenvalue weighted by Crippen LogP contribution is 2.46. The lowest BCUT2D eigenvalue weighted by Gasteiger charge is -2.38. The van der Waals surface area contributed by atoms with Crippen LogP contribution in [-0.2, 0) is 4.79 Å². The summed E-state index contributed by atoms with van der Waals surface area (Å²) >= 11 is 3.35. The SMILES string of the molecule is CC1(C)CC(=O)N(c2ccc(Br)cc2)C1(C)O. The van der Waals surface area contributed by atoms with E-state index in [0.29, 0.717) is 6.42 Å². The quantitative estimate of drug-likeness (QED) is 0.866. The van der Waals surface area contributed by atoms with Crippen molar-refractivity contribution in [1.82, 2.24) is 0 Å². The van der Waals surface area contributed by atoms with E-state index in [4.69, 9.17) is 0 Å². The van der Waals surface area contributed by atoms with Gasteiger partial charge in [0.25, 0.3) is 0 Å². The summed E-state index contributed by atoms with van der Waals surface area (Å²) in [6.07, 6.45) is 0.357. The highest BCUT2D eigenvalue weighted by Gasteiger charge is 2.54. The molecule has 0 aromatic heterocycles. The summed E-state index contributed by atoms with van der Waals surface area (Å²) in [5.41, 5.74) is -0.872. The van der Waals surface area contributed by atoms with Crippen molar-refractivity contribution < 1.29 is 9.90 Å². The molecule has 1 amide bonds. The van der Waals surface area contributed by atoms with E-state index in [1.807, 2.05) is 38.1 Å². The van der Waals surface area contributed by atoms with Crippen LogP contribution in [0.5, 0.6) is 0 Å². The first kappa shape index (κ1) is 12.6. The van der Waals surface area contributed by atoms with Crippen LogP contribution in [0.1, 0.15) is 27.2 Å². The molecule has 1 aromatic carbocycles. The fraction of sp³-hybridized carbons (Fsp3) is 0.462. The highest BCUT2D eigenvalue weighted by molar-refractivity contribution is 9.10. The molecule has 2 rings (SSSR count). The Labute approximate surface area is 110 Å². The van der Waals surface area contributed by atoms with Crippen LogP contribution in [0.15, 0.2) is 28.7 Å². The van der Waals surface area contributed by atoms with Crippen molar-refractivity contribution in [2.75, 3.05) is 4.90 Å². The largest absolute Gasteiger partial charge is 0.370 e. The minimum Gasteiger partial charge on any atom is -0.370 e. The molecular weight excluding hydrogens is 282 g/mol. The van der Waals surface area contributed by atoms with Gasteiger partial charge in [0.15, 0.2) is 0 Å². The normalized spacial score (nSPS) is 27.6. The lowest BCUT2D eigenvalue weighted by Crippen LogP contribution is -2.50. The number of carbonyl (C=O) groups is 1. The Balaban J connectivity index is 2.45. The predicted octanol–water partition coefficient (Wildman–Crippen LogP) is 2.92. The standard InChI is InChI=1S/C13H16BrNO2/c1-12(2)8-11(16)15(13(12,3)17)10-6-4-9(14)5-7-10/h4-7,17H,8H2,1-3H3. The summed E-state index contributed by atoms with van der Waals surface area (Å²) in [6, 6.07) is 7.39. The molecule has 1 heterocycles. The van der Waals surface area contributed by atoms with Gasteiger partial charge in [0, 0.05) is 22.0 Å². The Morgan fingerprint density at radius 3 is 2.18 bits per heavy atom. The molecule has 0 spiro atoms. The van der Waals surface area contributed by atoms with Gasteiger partial charge >= 0.3 is 0 Å². The highest BCUT2D eigenvalue weighted by atomic mass is 79.9. The number of rotatable bonds is 1. The van der Waals surface area contributed by atoms with Gasteiger partial charge in [0.1, 0.15) is 5.72 Å². The van der Waals surface area contributed by atoms with Crippen LogP contribution in [0.2, 0.25) is 0 Å². The van der Waals surface area contributed by atoms with Crippen molar-refractivity contribution in [2.45, 2.75) is 32.9 Å². The van der Waals surface area contributed by atoms with Gasteiger partial charge in [-0.25, -0.2) is 0 Å². The third-order valence-corrected chi connectivity index (χ3v) is 4.17. The fourth-order valence-corrected chi connectivity index (χ4v) is 2.42. The molecular formula is C13H16BrNO2. The van der Waals surface area contributed by atoms with Gasteiger partial charge in [-0.2, -0.15) is 0 Å². The lowest BCUT2D eigenvalue weighted by atomic mass is 9.82. The van der Waals surface area contributed by atoms with E-state index in [0.717, 1.165) is 10.2 Å². The Hall–Kier alpha value is -0.870. The minimum absolute atomic E-state index is 0.0395. The maximum absolute atomic E-state index is 12.0. The lowest BCUT2D eigenvalue weighted by molar-refractivity contribution is -0.118. The zero-order valence-corrected chi connectivity index (χ0v) is 11.8. The molecule has 1 aliphatic heterocycles. The molecule has 17 heavy (non-hydrogen) atoms. The minimum atomic E-state index is -1.15.